The molecule has 2 N–H and O–H groups in total. The smallest absolute Gasteiger partial charge is 0.252 e. The van der Waals surface area contributed by atoms with Crippen molar-refractivity contribution >= 4 is 41.8 Å². The molecule has 1 aliphatic rings. The van der Waals surface area contributed by atoms with Gasteiger partial charge >= 0.3 is 0 Å². The number of pyridine rings is 1. The van der Waals surface area contributed by atoms with Crippen LogP contribution in [-0.4, -0.2) is 39.8 Å². The number of carbonyl (C=O) groups excluding carboxylic acids is 1. The Morgan fingerprint density at radius 2 is 2.00 bits per heavy atom. The van der Waals surface area contributed by atoms with Crippen LogP contribution in [0.1, 0.15) is 28.9 Å². The number of hydrogen-bond donors (Lipinski definition) is 2. The molecule has 0 spiro atoms. The van der Waals surface area contributed by atoms with Gasteiger partial charge in [-0.3, -0.25) is 9.48 Å². The minimum Gasteiger partial charge on any atom is -0.348 e. The Morgan fingerprint density at radius 3 is 2.68 bits per heavy atom. The van der Waals surface area contributed by atoms with Gasteiger partial charge in [0.25, 0.3) is 5.91 Å². The number of carbonyl (C=O) groups is 1. The molecule has 0 aliphatic carbocycles. The van der Waals surface area contributed by atoms with Crippen molar-refractivity contribution in [1.82, 2.24) is 25.4 Å². The highest BCUT2D eigenvalue weighted by molar-refractivity contribution is 6.07. The largest absolute Gasteiger partial charge is 0.348 e. The number of nitrogens with zero attached hydrogens (tertiary/aromatic N) is 3. The second-order valence-corrected chi connectivity index (χ2v) is 6.85. The molecule has 3 heterocycles. The molecule has 1 aromatic carbocycles. The molecule has 0 radical (unpaired) electrons. The Balaban J connectivity index is 0.00000140. The Labute approximate surface area is 176 Å². The first kappa shape index (κ1) is 22.1. The summed E-state index contributed by atoms with van der Waals surface area (Å²) in [6.07, 6.45) is 2.09. The highest BCUT2D eigenvalue weighted by Crippen LogP contribution is 2.27. The first-order valence-corrected chi connectivity index (χ1v) is 9.05. The minimum absolute atomic E-state index is 0. The number of amides is 1. The maximum absolute atomic E-state index is 13.1. The topological polar surface area (TPSA) is 71.8 Å². The SMILES string of the molecule is Cc1nn(C)c2nc(-c3ccccc3)cc(C(=O)NC3CCCNC3)c12.Cl.Cl. The quantitative estimate of drug-likeness (QED) is 0.680. The molecule has 150 valence electrons. The summed E-state index contributed by atoms with van der Waals surface area (Å²) in [5.41, 5.74) is 3.97. The van der Waals surface area contributed by atoms with Gasteiger partial charge < -0.3 is 10.6 Å². The number of aryl methyl sites for hydroxylation is 2. The van der Waals surface area contributed by atoms with Gasteiger partial charge in [0.05, 0.1) is 22.3 Å². The maximum Gasteiger partial charge on any atom is 0.252 e. The fourth-order valence-corrected chi connectivity index (χ4v) is 3.62. The van der Waals surface area contributed by atoms with Crippen molar-refractivity contribution < 1.29 is 4.79 Å². The molecule has 1 aliphatic heterocycles. The van der Waals surface area contributed by atoms with E-state index in [4.69, 9.17) is 4.98 Å². The molecule has 6 nitrogen and oxygen atoms in total. The third-order valence-electron chi connectivity index (χ3n) is 4.91. The van der Waals surface area contributed by atoms with Gasteiger partial charge in [0, 0.05) is 25.2 Å². The van der Waals surface area contributed by atoms with Crippen molar-refractivity contribution in [3.8, 4) is 11.3 Å². The first-order chi connectivity index (χ1) is 12.6. The third kappa shape index (κ3) is 4.29. The van der Waals surface area contributed by atoms with Crippen molar-refractivity contribution in [2.45, 2.75) is 25.8 Å². The van der Waals surface area contributed by atoms with E-state index in [9.17, 15) is 4.79 Å². The number of rotatable bonds is 3. The minimum atomic E-state index is -0.0561. The zero-order valence-corrected chi connectivity index (χ0v) is 17.6. The molecule has 0 bridgehead atoms. The van der Waals surface area contributed by atoms with Crippen LogP contribution >= 0.6 is 24.8 Å². The van der Waals surface area contributed by atoms with Crippen molar-refractivity contribution in [2.24, 2.45) is 7.05 Å². The Bertz CT molecular complexity index is 952. The average Bonchev–Trinajstić information content (AvgIpc) is 2.96. The Morgan fingerprint density at radius 1 is 1.25 bits per heavy atom. The van der Waals surface area contributed by atoms with E-state index in [2.05, 4.69) is 15.7 Å². The number of halogens is 2. The lowest BCUT2D eigenvalue weighted by molar-refractivity contribution is 0.0932. The second kappa shape index (κ2) is 9.37. The van der Waals surface area contributed by atoms with Gasteiger partial charge in [-0.05, 0) is 32.4 Å². The lowest BCUT2D eigenvalue weighted by atomic mass is 10.0. The molecule has 28 heavy (non-hydrogen) atoms. The van der Waals surface area contributed by atoms with Gasteiger partial charge in [0.1, 0.15) is 0 Å². The molecule has 1 unspecified atom stereocenters. The Kier molecular flexibility index (Phi) is 7.41. The standard InChI is InChI=1S/C20H23N5O.2ClH/c1-13-18-16(20(26)22-15-9-6-10-21-12-15)11-17(14-7-4-3-5-8-14)23-19(18)25(2)24-13;;/h3-5,7-8,11,15,21H,6,9-10,12H2,1-2H3,(H,22,26);2*1H. The van der Waals surface area contributed by atoms with Crippen LogP contribution < -0.4 is 10.6 Å². The normalized spacial score (nSPS) is 16.1. The number of nitrogens with one attached hydrogen (secondary N) is 2. The van der Waals surface area contributed by atoms with E-state index in [0.29, 0.717) is 5.56 Å². The summed E-state index contributed by atoms with van der Waals surface area (Å²) in [5.74, 6) is -0.0561. The summed E-state index contributed by atoms with van der Waals surface area (Å²) >= 11 is 0. The summed E-state index contributed by atoms with van der Waals surface area (Å²) in [6, 6.07) is 12.0. The van der Waals surface area contributed by atoms with E-state index in [-0.39, 0.29) is 36.8 Å². The van der Waals surface area contributed by atoms with Crippen LogP contribution in [0.5, 0.6) is 0 Å². The van der Waals surface area contributed by atoms with Gasteiger partial charge in [-0.2, -0.15) is 5.10 Å². The van der Waals surface area contributed by atoms with Crippen molar-refractivity contribution in [1.29, 1.82) is 0 Å². The fourth-order valence-electron chi connectivity index (χ4n) is 3.62. The number of fused-ring (bicyclic) bond motifs is 1. The van der Waals surface area contributed by atoms with Crippen molar-refractivity contribution in [3.05, 3.63) is 47.7 Å². The lowest BCUT2D eigenvalue weighted by Gasteiger charge is -2.24. The lowest BCUT2D eigenvalue weighted by Crippen LogP contribution is -2.45. The van der Waals surface area contributed by atoms with Crippen molar-refractivity contribution in [3.63, 3.8) is 0 Å². The zero-order valence-electron chi connectivity index (χ0n) is 15.9. The summed E-state index contributed by atoms with van der Waals surface area (Å²) in [5, 5.41) is 11.8. The van der Waals surface area contributed by atoms with Crippen LogP contribution in [0.4, 0.5) is 0 Å². The van der Waals surface area contributed by atoms with Crippen LogP contribution in [0.25, 0.3) is 22.3 Å². The molecule has 1 amide bonds. The molecular weight excluding hydrogens is 397 g/mol. The van der Waals surface area contributed by atoms with E-state index in [0.717, 1.165) is 53.9 Å². The molecular formula is C20H25Cl2N5O. The highest BCUT2D eigenvalue weighted by atomic mass is 35.5. The molecule has 8 heteroatoms. The van der Waals surface area contributed by atoms with Gasteiger partial charge in [0.15, 0.2) is 5.65 Å². The predicted molar refractivity (Wildman–Crippen MR) is 117 cm³/mol. The fraction of sp³-hybridized carbons (Fsp3) is 0.350. The predicted octanol–water partition coefficient (Wildman–Crippen LogP) is 3.27. The van der Waals surface area contributed by atoms with E-state index >= 15 is 0 Å². The van der Waals surface area contributed by atoms with Crippen LogP contribution in [-0.2, 0) is 7.05 Å². The van der Waals surface area contributed by atoms with E-state index < -0.39 is 0 Å². The molecule has 1 saturated heterocycles. The Hall–Kier alpha value is -2.15. The molecule has 2 aromatic heterocycles. The second-order valence-electron chi connectivity index (χ2n) is 6.85. The van der Waals surface area contributed by atoms with E-state index in [1.807, 2.05) is 50.4 Å². The maximum atomic E-state index is 13.1. The molecule has 1 fully saturated rings. The summed E-state index contributed by atoms with van der Waals surface area (Å²) in [7, 11) is 1.86. The third-order valence-corrected chi connectivity index (χ3v) is 4.91. The monoisotopic (exact) mass is 421 g/mol. The number of piperidine rings is 1. The van der Waals surface area contributed by atoms with Gasteiger partial charge in [-0.1, -0.05) is 30.3 Å². The molecule has 3 aromatic rings. The van der Waals surface area contributed by atoms with E-state index in [1.54, 1.807) is 4.68 Å². The number of aromatic nitrogens is 3. The van der Waals surface area contributed by atoms with Gasteiger partial charge in [-0.25, -0.2) is 4.98 Å². The molecule has 0 saturated carbocycles. The summed E-state index contributed by atoms with van der Waals surface area (Å²) in [6.45, 7) is 3.76. The van der Waals surface area contributed by atoms with Crippen LogP contribution in [0.3, 0.4) is 0 Å². The van der Waals surface area contributed by atoms with Crippen molar-refractivity contribution in [2.75, 3.05) is 13.1 Å². The van der Waals surface area contributed by atoms with Crippen LogP contribution in [0.2, 0.25) is 0 Å². The molecule has 4 rings (SSSR count). The first-order valence-electron chi connectivity index (χ1n) is 9.05. The van der Waals surface area contributed by atoms with Gasteiger partial charge in [-0.15, -0.1) is 24.8 Å². The number of benzene rings is 1. The highest BCUT2D eigenvalue weighted by Gasteiger charge is 2.22. The summed E-state index contributed by atoms with van der Waals surface area (Å²) < 4.78 is 1.75. The number of hydrogen-bond acceptors (Lipinski definition) is 4. The average molecular weight is 422 g/mol. The van der Waals surface area contributed by atoms with Crippen LogP contribution in [0, 0.1) is 6.92 Å². The van der Waals surface area contributed by atoms with E-state index in [1.165, 1.54) is 0 Å². The van der Waals surface area contributed by atoms with Gasteiger partial charge in [0.2, 0.25) is 0 Å². The summed E-state index contributed by atoms with van der Waals surface area (Å²) in [4.78, 5) is 17.8. The molecule has 1 atom stereocenters. The van der Waals surface area contributed by atoms with Crippen LogP contribution in [0.15, 0.2) is 36.4 Å². The zero-order chi connectivity index (χ0) is 18.1.